The number of hydrogen-bond donors (Lipinski definition) is 5. The third kappa shape index (κ3) is 2.92. The quantitative estimate of drug-likeness (QED) is 0.246. The number of hydrogen-bond acceptors (Lipinski definition) is 10. The van der Waals surface area contributed by atoms with Gasteiger partial charge in [-0.25, -0.2) is 4.79 Å². The molecule has 39 heavy (non-hydrogen) atoms. The van der Waals surface area contributed by atoms with Crippen molar-refractivity contribution in [2.45, 2.75) is 119 Å². The summed E-state index contributed by atoms with van der Waals surface area (Å²) in [6.07, 6.45) is -1.53. The van der Waals surface area contributed by atoms with Crippen molar-refractivity contribution in [3.63, 3.8) is 0 Å². The minimum absolute atomic E-state index is 0.0443. The first-order valence-corrected chi connectivity index (χ1v) is 14.2. The molecule has 2 aliphatic heterocycles. The van der Waals surface area contributed by atoms with Crippen LogP contribution in [0, 0.1) is 22.7 Å². The number of carbonyl (C=O) groups excluding carboxylic acids is 2. The molecule has 12 atom stereocenters. The Kier molecular flexibility index (Phi) is 5.78. The highest BCUT2D eigenvalue weighted by Gasteiger charge is 2.85. The van der Waals surface area contributed by atoms with Crippen LogP contribution >= 0.6 is 0 Å². The van der Waals surface area contributed by atoms with Crippen LogP contribution < -0.4 is 0 Å². The summed E-state index contributed by atoms with van der Waals surface area (Å²) >= 11 is 0. The Hall–Kier alpha value is -1.40. The Balaban J connectivity index is 1.36. The zero-order valence-corrected chi connectivity index (χ0v) is 23.4. The molecule has 0 amide bonds. The van der Waals surface area contributed by atoms with Gasteiger partial charge >= 0.3 is 5.97 Å². The summed E-state index contributed by atoms with van der Waals surface area (Å²) in [6.45, 7) is 6.30. The summed E-state index contributed by atoms with van der Waals surface area (Å²) in [5.41, 5.74) is -7.71. The van der Waals surface area contributed by atoms with E-state index in [2.05, 4.69) is 0 Å². The zero-order valence-electron chi connectivity index (χ0n) is 23.4. The van der Waals surface area contributed by atoms with Gasteiger partial charge < -0.3 is 39.7 Å². The molecule has 5 fully saturated rings. The number of ketones is 1. The monoisotopic (exact) mass is 550 g/mol. The minimum Gasteiger partial charge on any atom is -0.455 e. The lowest BCUT2D eigenvalue weighted by molar-refractivity contribution is -0.284. The summed E-state index contributed by atoms with van der Waals surface area (Å²) < 4.78 is 17.2. The van der Waals surface area contributed by atoms with E-state index in [0.717, 1.165) is 0 Å². The molecule has 10 heteroatoms. The molecule has 4 aliphatic carbocycles. The second-order valence-electron chi connectivity index (χ2n) is 13.7. The summed E-state index contributed by atoms with van der Waals surface area (Å²) in [5, 5.41) is 58.0. The Bertz CT molecular complexity index is 1150. The molecule has 1 spiro atoms. The van der Waals surface area contributed by atoms with Crippen molar-refractivity contribution in [1.82, 2.24) is 0 Å². The molecular weight excluding hydrogens is 508 g/mol. The third-order valence-electron chi connectivity index (χ3n) is 12.8. The lowest BCUT2D eigenvalue weighted by Crippen LogP contribution is -2.74. The molecule has 0 aromatic heterocycles. The molecule has 0 aromatic rings. The standard InChI is InChI=1S/C29H42O10/c1-14-15(13-30)10-20(38-23(14)33)26(4,34)28(36)9-8-27(35)17-11-21-29(39-21)22(32)18(37-5)12-19(31)25(29,3)16(17)6-7-24(27,28)2/h16-18,20-22,30,32,34-36H,6-13H2,1-5H3/t16-,17+,18-,20+,21+,22-,24-,25-,26-,27+,28-,29-/m0/s1. The van der Waals surface area contributed by atoms with E-state index in [4.69, 9.17) is 14.2 Å². The first kappa shape index (κ1) is 27.8. The molecule has 1 saturated heterocycles. The van der Waals surface area contributed by atoms with Crippen LogP contribution in [0.2, 0.25) is 0 Å². The van der Waals surface area contributed by atoms with E-state index in [1.165, 1.54) is 14.0 Å². The van der Waals surface area contributed by atoms with Crippen LogP contribution in [0.5, 0.6) is 0 Å². The number of epoxide rings is 1. The maximum Gasteiger partial charge on any atom is 0.334 e. The van der Waals surface area contributed by atoms with Crippen LogP contribution in [0.25, 0.3) is 0 Å². The van der Waals surface area contributed by atoms with Crippen molar-refractivity contribution >= 4 is 11.8 Å². The van der Waals surface area contributed by atoms with Crippen molar-refractivity contribution in [1.29, 1.82) is 0 Å². The molecule has 2 heterocycles. The number of methoxy groups -OCH3 is 1. The van der Waals surface area contributed by atoms with Gasteiger partial charge in [-0.3, -0.25) is 4.79 Å². The summed E-state index contributed by atoms with van der Waals surface area (Å²) in [6, 6.07) is 0. The molecule has 10 nitrogen and oxygen atoms in total. The number of aliphatic hydroxyl groups excluding tert-OH is 2. The van der Waals surface area contributed by atoms with Gasteiger partial charge in [0.2, 0.25) is 0 Å². The number of rotatable bonds is 4. The number of cyclic esters (lactones) is 1. The highest BCUT2D eigenvalue weighted by molar-refractivity contribution is 5.90. The highest BCUT2D eigenvalue weighted by atomic mass is 16.6. The molecule has 0 unspecified atom stereocenters. The maximum absolute atomic E-state index is 13.7. The maximum atomic E-state index is 13.7. The predicted octanol–water partition coefficient (Wildman–Crippen LogP) is 0.547. The second-order valence-corrected chi connectivity index (χ2v) is 13.7. The van der Waals surface area contributed by atoms with E-state index in [9.17, 15) is 35.1 Å². The highest BCUT2D eigenvalue weighted by Crippen LogP contribution is 2.75. The predicted molar refractivity (Wildman–Crippen MR) is 135 cm³/mol. The van der Waals surface area contributed by atoms with Gasteiger partial charge in [-0.1, -0.05) is 6.92 Å². The van der Waals surface area contributed by atoms with Gasteiger partial charge in [0.05, 0.1) is 29.8 Å². The SMILES string of the molecule is CO[C@H]1CC(=O)[C@]2(C)[C@H]3CC[C@]4(C)[C@](O)([C@@](C)(O)[C@H]5CC(CO)=C(C)C(=O)O5)CC[C@@]4(O)[C@@H]3C[C@H]3O[C@]32[C@H]1O. The van der Waals surface area contributed by atoms with E-state index in [-0.39, 0.29) is 44.0 Å². The Morgan fingerprint density at radius 2 is 1.79 bits per heavy atom. The van der Waals surface area contributed by atoms with Gasteiger partial charge in [-0.05, 0) is 70.3 Å². The summed E-state index contributed by atoms with van der Waals surface area (Å²) in [4.78, 5) is 26.3. The molecule has 4 saturated carbocycles. The van der Waals surface area contributed by atoms with Crippen molar-refractivity contribution in [2.75, 3.05) is 13.7 Å². The lowest BCUT2D eigenvalue weighted by atomic mass is 9.41. The number of aliphatic hydroxyl groups is 5. The molecule has 6 aliphatic rings. The van der Waals surface area contributed by atoms with Crippen LogP contribution in [-0.2, 0) is 23.8 Å². The largest absolute Gasteiger partial charge is 0.455 e. The van der Waals surface area contributed by atoms with Crippen LogP contribution in [0.1, 0.15) is 72.6 Å². The van der Waals surface area contributed by atoms with Crippen molar-refractivity contribution in [3.05, 3.63) is 11.1 Å². The fourth-order valence-corrected chi connectivity index (χ4v) is 10.1. The van der Waals surface area contributed by atoms with Crippen LogP contribution in [0.3, 0.4) is 0 Å². The molecule has 218 valence electrons. The Labute approximate surface area is 228 Å². The van der Waals surface area contributed by atoms with Gasteiger partial charge in [-0.2, -0.15) is 0 Å². The first-order chi connectivity index (χ1) is 18.1. The van der Waals surface area contributed by atoms with Crippen LogP contribution in [0.15, 0.2) is 11.1 Å². The van der Waals surface area contributed by atoms with Crippen molar-refractivity contribution in [3.8, 4) is 0 Å². The normalized spacial score (nSPS) is 54.2. The molecule has 5 N–H and O–H groups in total. The van der Waals surface area contributed by atoms with E-state index in [1.807, 2.05) is 6.92 Å². The molecule has 6 rings (SSSR count). The van der Waals surface area contributed by atoms with Gasteiger partial charge in [0.15, 0.2) is 0 Å². The molecular formula is C29H42O10. The number of Topliss-reactive ketones (excluding diaryl/α,β-unsaturated/α-hetero) is 1. The zero-order chi connectivity index (χ0) is 28.6. The average Bonchev–Trinajstić information content (AvgIpc) is 3.59. The Morgan fingerprint density at radius 1 is 1.10 bits per heavy atom. The number of carbonyl (C=O) groups is 2. The van der Waals surface area contributed by atoms with E-state index < -0.39 is 69.5 Å². The van der Waals surface area contributed by atoms with E-state index in [1.54, 1.807) is 13.8 Å². The fourth-order valence-electron chi connectivity index (χ4n) is 10.1. The summed E-state index contributed by atoms with van der Waals surface area (Å²) in [5.74, 6) is -1.39. The first-order valence-electron chi connectivity index (χ1n) is 14.2. The Morgan fingerprint density at radius 3 is 2.44 bits per heavy atom. The van der Waals surface area contributed by atoms with Crippen molar-refractivity contribution in [2.24, 2.45) is 22.7 Å². The van der Waals surface area contributed by atoms with Gasteiger partial charge in [-0.15, -0.1) is 0 Å². The number of esters is 1. The van der Waals surface area contributed by atoms with Gasteiger partial charge in [0.25, 0.3) is 0 Å². The third-order valence-corrected chi connectivity index (χ3v) is 12.8. The second kappa shape index (κ2) is 8.12. The van der Waals surface area contributed by atoms with Crippen LogP contribution in [-0.4, -0.2) is 97.8 Å². The molecule has 0 aromatic carbocycles. The van der Waals surface area contributed by atoms with Crippen molar-refractivity contribution < 1.29 is 49.3 Å². The number of fused-ring (bicyclic) bond motifs is 4. The smallest absolute Gasteiger partial charge is 0.334 e. The fraction of sp³-hybridized carbons (Fsp3) is 0.862. The minimum atomic E-state index is -1.93. The topological polar surface area (TPSA) is 166 Å². The molecule has 0 bridgehead atoms. The lowest BCUT2D eigenvalue weighted by Gasteiger charge is -2.64. The van der Waals surface area contributed by atoms with Gasteiger partial charge in [0.1, 0.15) is 34.8 Å². The van der Waals surface area contributed by atoms with E-state index in [0.29, 0.717) is 30.4 Å². The number of ether oxygens (including phenoxy) is 3. The average molecular weight is 551 g/mol. The van der Waals surface area contributed by atoms with Crippen LogP contribution in [0.4, 0.5) is 0 Å². The summed E-state index contributed by atoms with van der Waals surface area (Å²) in [7, 11) is 1.48. The van der Waals surface area contributed by atoms with Gasteiger partial charge in [0, 0.05) is 30.9 Å². The molecule has 0 radical (unpaired) electrons. The van der Waals surface area contributed by atoms with E-state index >= 15 is 0 Å².